The van der Waals surface area contributed by atoms with Crippen LogP contribution < -0.4 is 0 Å². The molecule has 16 heavy (non-hydrogen) atoms. The standard InChI is InChI=1S/C13H21F3/c1-2-3-4-5-6-7-8-9-13(10-14,11-15)12-16/h2-7,10-12H2,1H3. The van der Waals surface area contributed by atoms with Crippen molar-refractivity contribution in [3.8, 4) is 11.8 Å². The Kier molecular flexibility index (Phi) is 9.18. The molecule has 0 saturated carbocycles. The normalized spacial score (nSPS) is 11.0. The van der Waals surface area contributed by atoms with Gasteiger partial charge in [-0.3, -0.25) is 0 Å². The van der Waals surface area contributed by atoms with Gasteiger partial charge in [-0.15, -0.1) is 5.92 Å². The van der Waals surface area contributed by atoms with E-state index in [2.05, 4.69) is 18.8 Å². The lowest BCUT2D eigenvalue weighted by molar-refractivity contribution is 0.173. The molecule has 0 aromatic heterocycles. The van der Waals surface area contributed by atoms with Crippen LogP contribution in [0, 0.1) is 17.3 Å². The van der Waals surface area contributed by atoms with E-state index in [0.29, 0.717) is 6.42 Å². The highest BCUT2D eigenvalue weighted by molar-refractivity contribution is 5.12. The summed E-state index contributed by atoms with van der Waals surface area (Å²) >= 11 is 0. The molecule has 0 N–H and O–H groups in total. The summed E-state index contributed by atoms with van der Waals surface area (Å²) in [6, 6.07) is 0. The summed E-state index contributed by atoms with van der Waals surface area (Å²) in [5, 5.41) is 0. The molecule has 0 bridgehead atoms. The molecular weight excluding hydrogens is 213 g/mol. The quantitative estimate of drug-likeness (QED) is 0.435. The van der Waals surface area contributed by atoms with Crippen molar-refractivity contribution >= 4 is 0 Å². The first kappa shape index (κ1) is 15.3. The summed E-state index contributed by atoms with van der Waals surface area (Å²) in [6.45, 7) is -1.02. The third-order valence-electron chi connectivity index (χ3n) is 2.53. The molecule has 0 unspecified atom stereocenters. The molecule has 3 heteroatoms. The number of alkyl halides is 3. The first-order valence-corrected chi connectivity index (χ1v) is 5.92. The molecule has 0 amide bonds. The molecule has 0 spiro atoms. The van der Waals surface area contributed by atoms with Crippen LogP contribution in [0.1, 0.15) is 45.4 Å². The van der Waals surface area contributed by atoms with Gasteiger partial charge in [0.25, 0.3) is 0 Å². The van der Waals surface area contributed by atoms with Crippen molar-refractivity contribution in [2.24, 2.45) is 5.41 Å². The van der Waals surface area contributed by atoms with Crippen LogP contribution in [-0.4, -0.2) is 20.0 Å². The van der Waals surface area contributed by atoms with Gasteiger partial charge in [0.1, 0.15) is 25.4 Å². The Balaban J connectivity index is 3.80. The summed E-state index contributed by atoms with van der Waals surface area (Å²) in [4.78, 5) is 0. The van der Waals surface area contributed by atoms with Crippen molar-refractivity contribution in [2.75, 3.05) is 20.0 Å². The zero-order chi connectivity index (χ0) is 12.3. The van der Waals surface area contributed by atoms with Crippen molar-refractivity contribution in [2.45, 2.75) is 45.4 Å². The summed E-state index contributed by atoms with van der Waals surface area (Å²) in [7, 11) is 0. The molecule has 0 nitrogen and oxygen atoms in total. The maximum absolute atomic E-state index is 12.4. The second-order valence-electron chi connectivity index (χ2n) is 4.15. The van der Waals surface area contributed by atoms with Gasteiger partial charge >= 0.3 is 0 Å². The lowest BCUT2D eigenvalue weighted by Crippen LogP contribution is -2.26. The van der Waals surface area contributed by atoms with Gasteiger partial charge in [-0.25, -0.2) is 13.2 Å². The molecule has 0 saturated heterocycles. The molecule has 0 radical (unpaired) electrons. The minimum atomic E-state index is -1.69. The van der Waals surface area contributed by atoms with Gasteiger partial charge in [0.2, 0.25) is 0 Å². The average Bonchev–Trinajstić information content (AvgIpc) is 2.34. The van der Waals surface area contributed by atoms with Crippen LogP contribution in [0.15, 0.2) is 0 Å². The van der Waals surface area contributed by atoms with E-state index in [1.54, 1.807) is 0 Å². The summed E-state index contributed by atoms with van der Waals surface area (Å²) in [5.41, 5.74) is -1.69. The fraction of sp³-hybridized carbons (Fsp3) is 0.846. The second kappa shape index (κ2) is 9.57. The number of halogens is 3. The van der Waals surface area contributed by atoms with Crippen LogP contribution in [0.2, 0.25) is 0 Å². The molecule has 0 aliphatic carbocycles. The first-order valence-electron chi connectivity index (χ1n) is 5.92. The first-order chi connectivity index (χ1) is 7.74. The van der Waals surface area contributed by atoms with Crippen LogP contribution in [-0.2, 0) is 0 Å². The van der Waals surface area contributed by atoms with Gasteiger partial charge in [-0.2, -0.15) is 0 Å². The van der Waals surface area contributed by atoms with E-state index in [0.717, 1.165) is 12.8 Å². The topological polar surface area (TPSA) is 0 Å². The Bertz CT molecular complexity index is 203. The maximum Gasteiger partial charge on any atom is 0.116 e. The monoisotopic (exact) mass is 234 g/mol. The predicted octanol–water partition coefficient (Wildman–Crippen LogP) is 4.25. The number of hydrogen-bond donors (Lipinski definition) is 0. The van der Waals surface area contributed by atoms with E-state index in [1.165, 1.54) is 19.3 Å². The molecule has 94 valence electrons. The highest BCUT2D eigenvalue weighted by atomic mass is 19.1. The summed E-state index contributed by atoms with van der Waals surface area (Å²) in [5.74, 6) is 5.08. The van der Waals surface area contributed by atoms with Gasteiger partial charge in [0.15, 0.2) is 0 Å². The predicted molar refractivity (Wildman–Crippen MR) is 61.5 cm³/mol. The van der Waals surface area contributed by atoms with E-state index in [-0.39, 0.29) is 0 Å². The van der Waals surface area contributed by atoms with Crippen LogP contribution >= 0.6 is 0 Å². The minimum absolute atomic E-state index is 0.603. The van der Waals surface area contributed by atoms with Crippen LogP contribution in [0.4, 0.5) is 13.2 Å². The highest BCUT2D eigenvalue weighted by Crippen LogP contribution is 2.18. The summed E-state index contributed by atoms with van der Waals surface area (Å²) in [6.07, 6.45) is 6.16. The largest absolute Gasteiger partial charge is 0.249 e. The van der Waals surface area contributed by atoms with Gasteiger partial charge in [0.05, 0.1) is 0 Å². The molecule has 0 fully saturated rings. The molecule has 0 rings (SSSR count). The molecule has 0 atom stereocenters. The third-order valence-corrected chi connectivity index (χ3v) is 2.53. The molecule has 0 aliphatic rings. The number of unbranched alkanes of at least 4 members (excludes halogenated alkanes) is 5. The minimum Gasteiger partial charge on any atom is -0.249 e. The lowest BCUT2D eigenvalue weighted by Gasteiger charge is -2.15. The van der Waals surface area contributed by atoms with Gasteiger partial charge in [-0.1, -0.05) is 38.5 Å². The SMILES string of the molecule is CCCCCCCC#CC(CF)(CF)CF. The van der Waals surface area contributed by atoms with Crippen molar-refractivity contribution in [3.05, 3.63) is 0 Å². The van der Waals surface area contributed by atoms with Crippen LogP contribution in [0.3, 0.4) is 0 Å². The van der Waals surface area contributed by atoms with Gasteiger partial charge < -0.3 is 0 Å². The fourth-order valence-electron chi connectivity index (χ4n) is 1.27. The van der Waals surface area contributed by atoms with Crippen molar-refractivity contribution < 1.29 is 13.2 Å². The molecule has 0 aromatic carbocycles. The number of rotatable bonds is 8. The van der Waals surface area contributed by atoms with Crippen molar-refractivity contribution in [1.29, 1.82) is 0 Å². The van der Waals surface area contributed by atoms with Crippen molar-refractivity contribution in [3.63, 3.8) is 0 Å². The van der Waals surface area contributed by atoms with Gasteiger partial charge in [0, 0.05) is 6.42 Å². The Morgan fingerprint density at radius 3 is 1.94 bits per heavy atom. The average molecular weight is 234 g/mol. The lowest BCUT2D eigenvalue weighted by atomic mass is 9.94. The Morgan fingerprint density at radius 2 is 1.44 bits per heavy atom. The zero-order valence-electron chi connectivity index (χ0n) is 10.00. The molecule has 0 aromatic rings. The Labute approximate surface area is 96.6 Å². The zero-order valence-corrected chi connectivity index (χ0v) is 10.00. The Morgan fingerprint density at radius 1 is 0.875 bits per heavy atom. The van der Waals surface area contributed by atoms with Crippen LogP contribution in [0.5, 0.6) is 0 Å². The summed E-state index contributed by atoms with van der Waals surface area (Å²) < 4.78 is 37.2. The smallest absolute Gasteiger partial charge is 0.116 e. The van der Waals surface area contributed by atoms with E-state index < -0.39 is 25.4 Å². The second-order valence-corrected chi connectivity index (χ2v) is 4.15. The van der Waals surface area contributed by atoms with Crippen molar-refractivity contribution in [1.82, 2.24) is 0 Å². The van der Waals surface area contributed by atoms with E-state index >= 15 is 0 Å². The van der Waals surface area contributed by atoms with E-state index in [1.807, 2.05) is 0 Å². The third kappa shape index (κ3) is 6.05. The fourth-order valence-corrected chi connectivity index (χ4v) is 1.27. The molecule has 0 heterocycles. The number of hydrogen-bond acceptors (Lipinski definition) is 0. The highest BCUT2D eigenvalue weighted by Gasteiger charge is 2.28. The van der Waals surface area contributed by atoms with E-state index in [4.69, 9.17) is 0 Å². The van der Waals surface area contributed by atoms with Gasteiger partial charge in [-0.05, 0) is 6.42 Å². The Hall–Kier alpha value is -0.650. The molecule has 0 aliphatic heterocycles. The maximum atomic E-state index is 12.4. The van der Waals surface area contributed by atoms with E-state index in [9.17, 15) is 13.2 Å². The molecular formula is C13H21F3. The van der Waals surface area contributed by atoms with Crippen LogP contribution in [0.25, 0.3) is 0 Å².